The van der Waals surface area contributed by atoms with Crippen LogP contribution >= 0.6 is 22.9 Å². The van der Waals surface area contributed by atoms with E-state index in [1.165, 1.54) is 28.6 Å². The zero-order valence-electron chi connectivity index (χ0n) is 12.9. The summed E-state index contributed by atoms with van der Waals surface area (Å²) in [6.07, 6.45) is 4.33. The highest BCUT2D eigenvalue weighted by Crippen LogP contribution is 2.37. The van der Waals surface area contributed by atoms with Gasteiger partial charge in [0.1, 0.15) is 15.8 Å². The smallest absolute Gasteiger partial charge is 0.234 e. The van der Waals surface area contributed by atoms with Gasteiger partial charge in [-0.15, -0.1) is 0 Å². The summed E-state index contributed by atoms with van der Waals surface area (Å²) in [6, 6.07) is 3.36. The van der Waals surface area contributed by atoms with Gasteiger partial charge in [-0.3, -0.25) is 4.79 Å². The van der Waals surface area contributed by atoms with Gasteiger partial charge in [-0.25, -0.2) is 4.98 Å². The van der Waals surface area contributed by atoms with Crippen molar-refractivity contribution in [1.82, 2.24) is 4.98 Å². The zero-order chi connectivity index (χ0) is 17.1. The minimum absolute atomic E-state index is 0.177. The van der Waals surface area contributed by atoms with Crippen LogP contribution < -0.4 is 9.63 Å². The zero-order valence-corrected chi connectivity index (χ0v) is 15.2. The lowest BCUT2D eigenvalue weighted by molar-refractivity contribution is -0.604. The molecule has 0 aliphatic rings. The Hall–Kier alpha value is -1.35. The number of hydrogen-bond donors (Lipinski definition) is 0. The lowest BCUT2D eigenvalue weighted by Gasteiger charge is -2.19. The van der Waals surface area contributed by atoms with Crippen LogP contribution in [0.3, 0.4) is 0 Å². The van der Waals surface area contributed by atoms with Gasteiger partial charge in [0, 0.05) is 13.1 Å². The molecule has 2 rings (SSSR count). The van der Waals surface area contributed by atoms with Gasteiger partial charge in [-0.2, -0.15) is 4.73 Å². The summed E-state index contributed by atoms with van der Waals surface area (Å²) in [5.74, 6) is -0.265. The summed E-state index contributed by atoms with van der Waals surface area (Å²) in [4.78, 5) is 18.0. The fraction of sp³-hybridized carbons (Fsp3) is 0.357. The number of carbonyl (C=O) groups excluding carboxylic acids is 1. The molecule has 0 aromatic carbocycles. The Bertz CT molecular complexity index is 708. The molecule has 2 aromatic heterocycles. The normalized spacial score (nSPS) is 13.6. The highest BCUT2D eigenvalue weighted by Gasteiger charge is 2.26. The van der Waals surface area contributed by atoms with Gasteiger partial charge in [0.25, 0.3) is 0 Å². The van der Waals surface area contributed by atoms with Crippen LogP contribution in [0.1, 0.15) is 6.92 Å². The quantitative estimate of drug-likeness (QED) is 0.456. The second kappa shape index (κ2) is 7.48. The number of rotatable bonds is 5. The molecular formula is C14H16ClN3O3S2. The first-order valence-corrected chi connectivity index (χ1v) is 9.65. The Kier molecular flexibility index (Phi) is 5.85. The van der Waals surface area contributed by atoms with Gasteiger partial charge < -0.3 is 14.7 Å². The Labute approximate surface area is 146 Å². The van der Waals surface area contributed by atoms with E-state index in [1.807, 2.05) is 0 Å². The van der Waals surface area contributed by atoms with Crippen molar-refractivity contribution < 1.29 is 14.1 Å². The maximum absolute atomic E-state index is 12.4. The molecule has 2 heterocycles. The molecule has 2 aromatic rings. The number of halogens is 1. The SMILES string of the molecule is CC(C[S+](C)[O-])C(=O)N(C)c1sc(-c2ccc[n+]([O-])c2)nc1Cl. The standard InChI is InChI=1S/C14H16ClN3O3S2/c1-9(8-23(3)21)13(19)17(2)14-11(15)16-12(22-14)10-5-4-6-18(20)7-10/h4-7,9H,8H2,1-3H3. The van der Waals surface area contributed by atoms with Crippen molar-refractivity contribution in [3.8, 4) is 10.6 Å². The van der Waals surface area contributed by atoms with Gasteiger partial charge in [0.05, 0.1) is 17.7 Å². The summed E-state index contributed by atoms with van der Waals surface area (Å²) >= 11 is 6.32. The number of anilines is 1. The molecule has 0 spiro atoms. The molecule has 0 radical (unpaired) electrons. The van der Waals surface area contributed by atoms with Crippen molar-refractivity contribution in [3.63, 3.8) is 0 Å². The lowest BCUT2D eigenvalue weighted by Crippen LogP contribution is -2.34. The summed E-state index contributed by atoms with van der Waals surface area (Å²) in [5.41, 5.74) is 0.629. The van der Waals surface area contributed by atoms with Gasteiger partial charge in [0.2, 0.25) is 5.91 Å². The minimum Gasteiger partial charge on any atom is -0.619 e. The van der Waals surface area contributed by atoms with Gasteiger partial charge in [-0.1, -0.05) is 34.1 Å². The molecule has 0 bridgehead atoms. The van der Waals surface area contributed by atoms with Gasteiger partial charge in [-0.05, 0) is 13.0 Å². The number of aromatic nitrogens is 2. The van der Waals surface area contributed by atoms with E-state index >= 15 is 0 Å². The highest BCUT2D eigenvalue weighted by atomic mass is 35.5. The number of amides is 1. The maximum atomic E-state index is 12.4. The van der Waals surface area contributed by atoms with Crippen LogP contribution in [0, 0.1) is 11.1 Å². The molecule has 124 valence electrons. The highest BCUT2D eigenvalue weighted by molar-refractivity contribution is 7.90. The van der Waals surface area contributed by atoms with Crippen LogP contribution in [0.25, 0.3) is 10.6 Å². The van der Waals surface area contributed by atoms with Crippen LogP contribution in [0.4, 0.5) is 5.00 Å². The van der Waals surface area contributed by atoms with Crippen molar-refractivity contribution >= 4 is 45.0 Å². The van der Waals surface area contributed by atoms with Crippen LogP contribution in [0.15, 0.2) is 24.5 Å². The van der Waals surface area contributed by atoms with Crippen LogP contribution in [-0.4, -0.2) is 34.5 Å². The molecule has 0 N–H and O–H groups in total. The average molecular weight is 374 g/mol. The summed E-state index contributed by atoms with van der Waals surface area (Å²) < 4.78 is 12.0. The van der Waals surface area contributed by atoms with Crippen molar-refractivity contribution in [2.45, 2.75) is 6.92 Å². The first kappa shape index (κ1) is 18.0. The Morgan fingerprint density at radius 2 is 2.30 bits per heavy atom. The lowest BCUT2D eigenvalue weighted by atomic mass is 10.2. The average Bonchev–Trinajstić information content (AvgIpc) is 2.87. The topological polar surface area (TPSA) is 83.2 Å². The number of pyridine rings is 1. The largest absolute Gasteiger partial charge is 0.619 e. The summed E-state index contributed by atoms with van der Waals surface area (Å²) in [7, 11) is 1.61. The van der Waals surface area contributed by atoms with E-state index in [4.69, 9.17) is 11.6 Å². The number of hydrogen-bond acceptors (Lipinski definition) is 5. The van der Waals surface area contributed by atoms with E-state index in [-0.39, 0.29) is 17.0 Å². The third kappa shape index (κ3) is 4.35. The predicted molar refractivity (Wildman–Crippen MR) is 93.0 cm³/mol. The monoisotopic (exact) mass is 373 g/mol. The molecule has 2 unspecified atom stereocenters. The first-order chi connectivity index (χ1) is 10.8. The van der Waals surface area contributed by atoms with Crippen LogP contribution in [-0.2, 0) is 16.0 Å². The fourth-order valence-corrected chi connectivity index (χ4v) is 4.20. The molecule has 0 aliphatic carbocycles. The van der Waals surface area contributed by atoms with Gasteiger partial charge in [0.15, 0.2) is 17.5 Å². The van der Waals surface area contributed by atoms with E-state index in [1.54, 1.807) is 32.4 Å². The molecule has 9 heteroatoms. The first-order valence-electron chi connectivity index (χ1n) is 6.72. The van der Waals surface area contributed by atoms with Gasteiger partial charge >= 0.3 is 0 Å². The second-order valence-corrected chi connectivity index (χ2v) is 7.92. The molecule has 0 aliphatic heterocycles. The minimum atomic E-state index is -1.05. The number of thiazole rings is 1. The van der Waals surface area contributed by atoms with Crippen molar-refractivity contribution in [2.75, 3.05) is 24.0 Å². The molecular weight excluding hydrogens is 358 g/mol. The third-order valence-corrected chi connectivity index (χ3v) is 5.66. The molecule has 6 nitrogen and oxygen atoms in total. The van der Waals surface area contributed by atoms with E-state index < -0.39 is 11.2 Å². The van der Waals surface area contributed by atoms with Crippen molar-refractivity contribution in [1.29, 1.82) is 0 Å². The maximum Gasteiger partial charge on any atom is 0.234 e. The summed E-state index contributed by atoms with van der Waals surface area (Å²) in [6.45, 7) is 1.73. The second-order valence-electron chi connectivity index (χ2n) is 5.11. The van der Waals surface area contributed by atoms with E-state index in [0.717, 1.165) is 0 Å². The Morgan fingerprint density at radius 3 is 2.91 bits per heavy atom. The number of nitrogens with zero attached hydrogens (tertiary/aromatic N) is 3. The molecule has 0 saturated carbocycles. The molecule has 23 heavy (non-hydrogen) atoms. The van der Waals surface area contributed by atoms with E-state index in [9.17, 15) is 14.6 Å². The van der Waals surface area contributed by atoms with Crippen LogP contribution in [0.2, 0.25) is 5.15 Å². The number of carbonyl (C=O) groups is 1. The Balaban J connectivity index is 2.25. The van der Waals surface area contributed by atoms with Crippen molar-refractivity contribution in [3.05, 3.63) is 34.9 Å². The van der Waals surface area contributed by atoms with E-state index in [2.05, 4.69) is 4.98 Å². The summed E-state index contributed by atoms with van der Waals surface area (Å²) in [5, 5.41) is 12.6. The van der Waals surface area contributed by atoms with E-state index in [0.29, 0.717) is 26.1 Å². The molecule has 0 saturated heterocycles. The Morgan fingerprint density at radius 1 is 1.61 bits per heavy atom. The third-order valence-electron chi connectivity index (χ3n) is 3.13. The molecule has 0 fully saturated rings. The predicted octanol–water partition coefficient (Wildman–Crippen LogP) is 2.07. The molecule has 2 atom stereocenters. The van der Waals surface area contributed by atoms with Crippen LogP contribution in [0.5, 0.6) is 0 Å². The fourth-order valence-electron chi connectivity index (χ4n) is 2.06. The van der Waals surface area contributed by atoms with Crippen molar-refractivity contribution in [2.24, 2.45) is 5.92 Å². The molecule has 1 amide bonds.